The predicted octanol–water partition coefficient (Wildman–Crippen LogP) is 0.863. The summed E-state index contributed by atoms with van der Waals surface area (Å²) in [6.07, 6.45) is 6.57. The van der Waals surface area contributed by atoms with Gasteiger partial charge in [0.1, 0.15) is 5.69 Å². The van der Waals surface area contributed by atoms with E-state index in [1.165, 1.54) is 8.61 Å². The van der Waals surface area contributed by atoms with Crippen molar-refractivity contribution >= 4 is 10.2 Å². The Morgan fingerprint density at radius 2 is 1.79 bits per heavy atom. The van der Waals surface area contributed by atoms with Crippen LogP contribution in [0.3, 0.4) is 0 Å². The third-order valence-electron chi connectivity index (χ3n) is 4.42. The van der Waals surface area contributed by atoms with Gasteiger partial charge in [0.25, 0.3) is 10.2 Å². The number of aromatic nitrogens is 4. The van der Waals surface area contributed by atoms with Crippen molar-refractivity contribution < 1.29 is 8.42 Å². The van der Waals surface area contributed by atoms with Crippen LogP contribution in [0.5, 0.6) is 0 Å². The van der Waals surface area contributed by atoms with E-state index in [2.05, 4.69) is 15.1 Å². The average Bonchev–Trinajstić information content (AvgIpc) is 3.01. The Morgan fingerprint density at radius 1 is 1.12 bits per heavy atom. The molecule has 9 heteroatoms. The van der Waals surface area contributed by atoms with Crippen molar-refractivity contribution in [3.8, 4) is 11.4 Å². The van der Waals surface area contributed by atoms with E-state index in [0.717, 1.165) is 29.9 Å². The third kappa shape index (κ3) is 3.06. The maximum absolute atomic E-state index is 12.2. The van der Waals surface area contributed by atoms with Crippen molar-refractivity contribution in [1.29, 1.82) is 0 Å². The highest BCUT2D eigenvalue weighted by atomic mass is 32.2. The molecule has 1 aliphatic rings. The quantitative estimate of drug-likeness (QED) is 0.817. The Balaban J connectivity index is 1.82. The molecule has 0 unspecified atom stereocenters. The van der Waals surface area contributed by atoms with Crippen LogP contribution in [0.1, 0.15) is 24.5 Å². The zero-order chi connectivity index (χ0) is 17.3. The number of hydrogen-bond acceptors (Lipinski definition) is 5. The first-order valence-electron chi connectivity index (χ1n) is 7.88. The molecule has 0 N–H and O–H groups in total. The lowest BCUT2D eigenvalue weighted by molar-refractivity contribution is 0.300. The molecule has 0 radical (unpaired) electrons. The highest BCUT2D eigenvalue weighted by Gasteiger charge is 2.32. The molecule has 3 heterocycles. The predicted molar refractivity (Wildman–Crippen MR) is 90.4 cm³/mol. The second-order valence-corrected chi connectivity index (χ2v) is 8.24. The molecule has 8 nitrogen and oxygen atoms in total. The molecule has 24 heavy (non-hydrogen) atoms. The minimum Gasteiger partial charge on any atom is -0.266 e. The van der Waals surface area contributed by atoms with Gasteiger partial charge in [-0.3, -0.25) is 14.6 Å². The third-order valence-corrected chi connectivity index (χ3v) is 6.36. The van der Waals surface area contributed by atoms with Crippen molar-refractivity contribution in [2.24, 2.45) is 7.05 Å². The lowest BCUT2D eigenvalue weighted by Gasteiger charge is -2.32. The van der Waals surface area contributed by atoms with Crippen LogP contribution in [-0.4, -0.2) is 64.0 Å². The first-order chi connectivity index (χ1) is 11.4. The Morgan fingerprint density at radius 3 is 2.38 bits per heavy atom. The van der Waals surface area contributed by atoms with Gasteiger partial charge in [-0.05, 0) is 18.9 Å². The molecular weight excluding hydrogens is 328 g/mol. The summed E-state index contributed by atoms with van der Waals surface area (Å²) in [5, 5.41) is 4.20. The fourth-order valence-corrected chi connectivity index (χ4v) is 4.18. The van der Waals surface area contributed by atoms with E-state index in [0.29, 0.717) is 13.1 Å². The molecule has 0 bridgehead atoms. The van der Waals surface area contributed by atoms with E-state index >= 15 is 0 Å². The zero-order valence-electron chi connectivity index (χ0n) is 14.1. The highest BCUT2D eigenvalue weighted by molar-refractivity contribution is 7.86. The van der Waals surface area contributed by atoms with E-state index in [1.807, 2.05) is 13.1 Å². The number of rotatable bonds is 4. The second-order valence-electron chi connectivity index (χ2n) is 6.09. The van der Waals surface area contributed by atoms with Gasteiger partial charge in [0, 0.05) is 58.7 Å². The van der Waals surface area contributed by atoms with E-state index in [-0.39, 0.29) is 5.92 Å². The first-order valence-corrected chi connectivity index (χ1v) is 9.28. The molecule has 0 aromatic carbocycles. The molecule has 0 aliphatic carbocycles. The lowest BCUT2D eigenvalue weighted by atomic mass is 9.92. The van der Waals surface area contributed by atoms with Crippen LogP contribution in [0, 0.1) is 0 Å². The molecule has 2 aromatic heterocycles. The average molecular weight is 350 g/mol. The van der Waals surface area contributed by atoms with Crippen LogP contribution in [0.4, 0.5) is 0 Å². The summed E-state index contributed by atoms with van der Waals surface area (Å²) in [6.45, 7) is 0.985. The van der Waals surface area contributed by atoms with Crippen molar-refractivity contribution in [3.05, 3.63) is 30.4 Å². The normalized spacial score (nSPS) is 17.5. The van der Waals surface area contributed by atoms with E-state index in [1.54, 1.807) is 37.4 Å². The second kappa shape index (κ2) is 6.58. The summed E-state index contributed by atoms with van der Waals surface area (Å²) in [7, 11) is 1.65. The number of nitrogens with zero attached hydrogens (tertiary/aromatic N) is 6. The molecule has 0 amide bonds. The SMILES string of the molecule is CN(C)S(=O)(=O)N1CCC(c2nccnc2-c2ccnn2C)CC1. The fraction of sp³-hybridized carbons (Fsp3) is 0.533. The van der Waals surface area contributed by atoms with Gasteiger partial charge in [-0.1, -0.05) is 0 Å². The number of piperidine rings is 1. The van der Waals surface area contributed by atoms with E-state index in [4.69, 9.17) is 0 Å². The Hall–Kier alpha value is -1.84. The molecular formula is C15H22N6O2S. The topological polar surface area (TPSA) is 84.2 Å². The van der Waals surface area contributed by atoms with E-state index < -0.39 is 10.2 Å². The van der Waals surface area contributed by atoms with Crippen molar-refractivity contribution in [2.75, 3.05) is 27.2 Å². The summed E-state index contributed by atoms with van der Waals surface area (Å²) in [6, 6.07) is 1.92. The van der Waals surface area contributed by atoms with Gasteiger partial charge in [-0.25, -0.2) is 0 Å². The monoisotopic (exact) mass is 350 g/mol. The molecule has 1 saturated heterocycles. The van der Waals surface area contributed by atoms with Gasteiger partial charge >= 0.3 is 0 Å². The molecule has 130 valence electrons. The van der Waals surface area contributed by atoms with Gasteiger partial charge in [0.2, 0.25) is 0 Å². The largest absolute Gasteiger partial charge is 0.281 e. The molecule has 0 spiro atoms. The van der Waals surface area contributed by atoms with Crippen LogP contribution in [0.2, 0.25) is 0 Å². The molecule has 0 saturated carbocycles. The van der Waals surface area contributed by atoms with Gasteiger partial charge in [-0.15, -0.1) is 0 Å². The van der Waals surface area contributed by atoms with Crippen molar-refractivity contribution in [2.45, 2.75) is 18.8 Å². The minimum atomic E-state index is -3.35. The van der Waals surface area contributed by atoms with Crippen molar-refractivity contribution in [1.82, 2.24) is 28.4 Å². The smallest absolute Gasteiger partial charge is 0.266 e. The maximum atomic E-state index is 12.2. The summed E-state index contributed by atoms with van der Waals surface area (Å²) in [5.74, 6) is 0.192. The Kier molecular flexibility index (Phi) is 4.66. The molecule has 0 atom stereocenters. The fourth-order valence-electron chi connectivity index (χ4n) is 3.04. The number of hydrogen-bond donors (Lipinski definition) is 0. The van der Waals surface area contributed by atoms with Crippen LogP contribution < -0.4 is 0 Å². The minimum absolute atomic E-state index is 0.192. The summed E-state index contributed by atoms with van der Waals surface area (Å²) >= 11 is 0. The maximum Gasteiger partial charge on any atom is 0.281 e. The van der Waals surface area contributed by atoms with Gasteiger partial charge in [-0.2, -0.15) is 22.1 Å². The van der Waals surface area contributed by atoms with Crippen molar-refractivity contribution in [3.63, 3.8) is 0 Å². The molecule has 3 rings (SSSR count). The van der Waals surface area contributed by atoms with Gasteiger partial charge in [0.15, 0.2) is 0 Å². The summed E-state index contributed by atoms with van der Waals surface area (Å²) < 4.78 is 29.0. The van der Waals surface area contributed by atoms with Crippen LogP contribution in [-0.2, 0) is 17.3 Å². The Labute approximate surface area is 142 Å². The van der Waals surface area contributed by atoms with E-state index in [9.17, 15) is 8.42 Å². The zero-order valence-corrected chi connectivity index (χ0v) is 14.9. The molecule has 1 fully saturated rings. The van der Waals surface area contributed by atoms with Crippen LogP contribution in [0.15, 0.2) is 24.7 Å². The number of aryl methyl sites for hydroxylation is 1. The lowest BCUT2D eigenvalue weighted by Crippen LogP contribution is -2.44. The first kappa shape index (κ1) is 17.0. The van der Waals surface area contributed by atoms with Gasteiger partial charge in [0.05, 0.1) is 11.4 Å². The van der Waals surface area contributed by atoms with Crippen LogP contribution in [0.25, 0.3) is 11.4 Å². The van der Waals surface area contributed by atoms with Crippen LogP contribution >= 0.6 is 0 Å². The summed E-state index contributed by atoms with van der Waals surface area (Å²) in [4.78, 5) is 9.03. The molecule has 1 aliphatic heterocycles. The van der Waals surface area contributed by atoms with Gasteiger partial charge < -0.3 is 0 Å². The molecule has 2 aromatic rings. The Bertz CT molecular complexity index is 809. The standard InChI is InChI=1S/C15H22N6O2S/c1-19(2)24(22,23)21-10-5-12(6-11-21)14-15(17-9-8-16-14)13-4-7-18-20(13)3/h4,7-9,12H,5-6,10-11H2,1-3H3. The highest BCUT2D eigenvalue weighted by Crippen LogP contribution is 2.33. The summed E-state index contributed by atoms with van der Waals surface area (Å²) in [5.41, 5.74) is 2.66.